The lowest BCUT2D eigenvalue weighted by Crippen LogP contribution is -2.60. The fourth-order valence-electron chi connectivity index (χ4n) is 4.18. The Bertz CT molecular complexity index is 1010. The van der Waals surface area contributed by atoms with E-state index in [1.807, 2.05) is 20.8 Å². The average Bonchev–Trinajstić information content (AvgIpc) is 3.49. The van der Waals surface area contributed by atoms with Crippen molar-refractivity contribution in [3.05, 3.63) is 12.7 Å². The van der Waals surface area contributed by atoms with E-state index in [9.17, 15) is 28.8 Å². The van der Waals surface area contributed by atoms with Crippen LogP contribution in [0.4, 0.5) is 4.79 Å². The number of urea groups is 1. The van der Waals surface area contributed by atoms with Gasteiger partial charge in [-0.2, -0.15) is 0 Å². The third-order valence-electron chi connectivity index (χ3n) is 6.15. The number of rotatable bonds is 13. The van der Waals surface area contributed by atoms with Crippen LogP contribution < -0.4 is 21.3 Å². The van der Waals surface area contributed by atoms with Crippen LogP contribution in [-0.4, -0.2) is 83.8 Å². The third kappa shape index (κ3) is 23.5. The number of esters is 1. The van der Waals surface area contributed by atoms with Crippen LogP contribution in [0.3, 0.4) is 0 Å². The van der Waals surface area contributed by atoms with E-state index in [0.29, 0.717) is 19.3 Å². The van der Waals surface area contributed by atoms with E-state index in [1.165, 1.54) is 17.4 Å². The molecule has 0 bridgehead atoms. The van der Waals surface area contributed by atoms with Crippen molar-refractivity contribution in [1.82, 2.24) is 26.2 Å². The Labute approximate surface area is 297 Å². The summed E-state index contributed by atoms with van der Waals surface area (Å²) < 4.78 is 5.18. The molecule has 0 aromatic rings. The number of ether oxygens (including phenoxy) is 1. The van der Waals surface area contributed by atoms with E-state index in [4.69, 9.17) is 4.74 Å². The molecule has 0 radical (unpaired) electrons. The van der Waals surface area contributed by atoms with Crippen LogP contribution in [0.1, 0.15) is 135 Å². The molecule has 1 aliphatic rings. The normalized spacial score (nSPS) is 14.9. The summed E-state index contributed by atoms with van der Waals surface area (Å²) in [5, 5.41) is 10.2. The van der Waals surface area contributed by atoms with Crippen LogP contribution in [-0.2, 0) is 28.7 Å². The zero-order chi connectivity index (χ0) is 39.0. The fraction of sp³-hybridized carbons (Fsp3) is 0.784. The molecule has 4 N–H and O–H groups in total. The van der Waals surface area contributed by atoms with Gasteiger partial charge >= 0.3 is 12.0 Å². The van der Waals surface area contributed by atoms with Crippen molar-refractivity contribution in [3.8, 4) is 0 Å². The molecule has 0 spiro atoms. The van der Waals surface area contributed by atoms with E-state index in [0.717, 1.165) is 12.3 Å². The molecule has 0 aromatic heterocycles. The summed E-state index contributed by atoms with van der Waals surface area (Å²) in [7, 11) is 0. The Morgan fingerprint density at radius 1 is 0.918 bits per heavy atom. The maximum atomic E-state index is 13.7. The molecule has 49 heavy (non-hydrogen) atoms. The zero-order valence-corrected chi connectivity index (χ0v) is 33.3. The molecule has 12 nitrogen and oxygen atoms in total. The lowest BCUT2D eigenvalue weighted by molar-refractivity contribution is -0.153. The SMILES string of the molecule is C=CCNC(=O)C(=O)C(CCCC)NC(=O)[C@@H]1CCCN1C(=O)[C@@H](NC(=O)NCC(=O)OC(C)(C)C)C(C)(C)C.CC.CC(C)C.CCC. The molecule has 1 unspecified atom stereocenters. The minimum Gasteiger partial charge on any atom is -0.459 e. The van der Waals surface area contributed by atoms with Gasteiger partial charge in [0.25, 0.3) is 5.91 Å². The molecular weight excluding hydrogens is 626 g/mol. The third-order valence-corrected chi connectivity index (χ3v) is 6.15. The maximum Gasteiger partial charge on any atom is 0.325 e. The topological polar surface area (TPSA) is 163 Å². The van der Waals surface area contributed by atoms with Gasteiger partial charge < -0.3 is 30.9 Å². The van der Waals surface area contributed by atoms with E-state index in [2.05, 4.69) is 62.5 Å². The van der Waals surface area contributed by atoms with Gasteiger partial charge in [-0.1, -0.05) is 101 Å². The quantitative estimate of drug-likeness (QED) is 0.109. The second-order valence-corrected chi connectivity index (χ2v) is 14.4. The first-order valence-corrected chi connectivity index (χ1v) is 18.0. The first kappa shape index (κ1) is 49.9. The Morgan fingerprint density at radius 2 is 1.45 bits per heavy atom. The number of unbranched alkanes of at least 4 members (excludes halogenated alkanes) is 1. The molecule has 12 heteroatoms. The number of ketones is 1. The van der Waals surface area contributed by atoms with Gasteiger partial charge in [-0.25, -0.2) is 4.79 Å². The molecule has 1 heterocycles. The minimum absolute atomic E-state index is 0.121. The van der Waals surface area contributed by atoms with Crippen LogP contribution >= 0.6 is 0 Å². The van der Waals surface area contributed by atoms with Gasteiger partial charge in [-0.15, -0.1) is 6.58 Å². The predicted octanol–water partition coefficient (Wildman–Crippen LogP) is 5.68. The lowest BCUT2D eigenvalue weighted by Gasteiger charge is -2.35. The molecule has 1 rings (SSSR count). The van der Waals surface area contributed by atoms with E-state index in [-0.39, 0.29) is 26.1 Å². The van der Waals surface area contributed by atoms with Gasteiger partial charge in [-0.3, -0.25) is 24.0 Å². The van der Waals surface area contributed by atoms with Gasteiger partial charge in [0.1, 0.15) is 24.2 Å². The van der Waals surface area contributed by atoms with Gasteiger partial charge in [0, 0.05) is 13.1 Å². The summed E-state index contributed by atoms with van der Waals surface area (Å²) in [6, 6.07) is -3.63. The van der Waals surface area contributed by atoms with Crippen molar-refractivity contribution in [2.24, 2.45) is 11.3 Å². The second-order valence-electron chi connectivity index (χ2n) is 14.4. The fourth-order valence-corrected chi connectivity index (χ4v) is 4.18. The standard InChI is InChI=1S/C28H47N5O7.C4H10.C3H8.C2H6/c1-9-11-13-18(21(35)24(37)29-15-10-2)31-23(36)19-14-12-16-33(19)25(38)22(27(3,4)5)32-26(39)30-17-20(34)40-28(6,7)8;1-4(2)3;1-3-2;1-2/h10,18-19,22H,2,9,11-17H2,1,3-8H3,(H,29,37)(H,31,36)(H2,30,32,39);4H,1-3H3;3H2,1-2H3;1-2H3/t18?,19-,22+;;;/m0.../s1. The Morgan fingerprint density at radius 3 is 1.90 bits per heavy atom. The number of amides is 5. The maximum absolute atomic E-state index is 13.7. The Hall–Kier alpha value is -3.44. The number of hydrogen-bond donors (Lipinski definition) is 4. The van der Waals surface area contributed by atoms with Gasteiger partial charge in [0.15, 0.2) is 0 Å². The van der Waals surface area contributed by atoms with Crippen LogP contribution in [0.15, 0.2) is 12.7 Å². The number of hydrogen-bond acceptors (Lipinski definition) is 7. The molecule has 1 aliphatic heterocycles. The highest BCUT2D eigenvalue weighted by molar-refractivity contribution is 6.38. The lowest BCUT2D eigenvalue weighted by atomic mass is 9.85. The Balaban J connectivity index is -0.00000210. The monoisotopic (exact) mass is 698 g/mol. The largest absolute Gasteiger partial charge is 0.459 e. The molecule has 1 saturated heterocycles. The summed E-state index contributed by atoms with van der Waals surface area (Å²) >= 11 is 0. The molecule has 5 amide bonds. The molecule has 1 fully saturated rings. The summed E-state index contributed by atoms with van der Waals surface area (Å²) in [6.45, 7) is 30.7. The van der Waals surface area contributed by atoms with Gasteiger partial charge in [0.05, 0.1) is 6.04 Å². The predicted molar refractivity (Wildman–Crippen MR) is 198 cm³/mol. The van der Waals surface area contributed by atoms with Crippen molar-refractivity contribution in [3.63, 3.8) is 0 Å². The number of Topliss-reactive ketones (excluding diaryl/α,β-unsaturated/α-hetero) is 1. The highest BCUT2D eigenvalue weighted by atomic mass is 16.6. The molecule has 0 saturated carbocycles. The molecule has 3 atom stereocenters. The molecule has 0 aromatic carbocycles. The molecule has 0 aliphatic carbocycles. The number of nitrogens with one attached hydrogen (secondary N) is 4. The van der Waals surface area contributed by atoms with Crippen LogP contribution in [0.5, 0.6) is 0 Å². The van der Waals surface area contributed by atoms with E-state index in [1.54, 1.807) is 41.5 Å². The molecule has 286 valence electrons. The van der Waals surface area contributed by atoms with E-state index >= 15 is 0 Å². The van der Waals surface area contributed by atoms with Crippen LogP contribution in [0.25, 0.3) is 0 Å². The number of nitrogens with zero attached hydrogens (tertiary/aromatic N) is 1. The second kappa shape index (κ2) is 26.4. The van der Waals surface area contributed by atoms with E-state index < -0.39 is 64.6 Å². The van der Waals surface area contributed by atoms with Crippen LogP contribution in [0, 0.1) is 11.3 Å². The summed E-state index contributed by atoms with van der Waals surface area (Å²) in [5.74, 6) is -2.34. The number of carbonyl (C=O) groups excluding carboxylic acids is 6. The van der Waals surface area contributed by atoms with Crippen molar-refractivity contribution < 1.29 is 33.5 Å². The first-order valence-electron chi connectivity index (χ1n) is 18.0. The van der Waals surface area contributed by atoms with Crippen molar-refractivity contribution >= 4 is 35.5 Å². The molecular formula is C37H71N5O7. The average molecular weight is 698 g/mol. The summed E-state index contributed by atoms with van der Waals surface area (Å²) in [5.41, 5.74) is -1.44. The highest BCUT2D eigenvalue weighted by Crippen LogP contribution is 2.26. The van der Waals surface area contributed by atoms with Gasteiger partial charge in [-0.05, 0) is 51.4 Å². The first-order chi connectivity index (χ1) is 22.7. The summed E-state index contributed by atoms with van der Waals surface area (Å²) in [4.78, 5) is 77.9. The van der Waals surface area contributed by atoms with Crippen molar-refractivity contribution in [1.29, 1.82) is 0 Å². The smallest absolute Gasteiger partial charge is 0.325 e. The van der Waals surface area contributed by atoms with Crippen molar-refractivity contribution in [2.45, 2.75) is 159 Å². The van der Waals surface area contributed by atoms with Gasteiger partial charge in [0.2, 0.25) is 17.6 Å². The summed E-state index contributed by atoms with van der Waals surface area (Å²) in [6.07, 6.45) is 5.29. The van der Waals surface area contributed by atoms with Crippen LogP contribution in [0.2, 0.25) is 0 Å². The Kier molecular flexibility index (Phi) is 26.9. The number of likely N-dealkylation sites (tertiary alicyclic amines) is 1. The number of carbonyl (C=O) groups is 6. The highest BCUT2D eigenvalue weighted by Gasteiger charge is 2.42. The zero-order valence-electron chi connectivity index (χ0n) is 33.3. The minimum atomic E-state index is -1.02. The van der Waals surface area contributed by atoms with Crippen molar-refractivity contribution in [2.75, 3.05) is 19.6 Å².